The first-order valence-electron chi connectivity index (χ1n) is 8.89. The molecule has 2 aromatic rings. The largest absolute Gasteiger partial charge is 0.365 e. The van der Waals surface area contributed by atoms with Crippen LogP contribution < -0.4 is 10.2 Å². The summed E-state index contributed by atoms with van der Waals surface area (Å²) in [5.74, 6) is 0. The molecular weight excluding hydrogens is 314 g/mol. The number of hydrogen-bond donors (Lipinski definition) is 1. The summed E-state index contributed by atoms with van der Waals surface area (Å²) in [6, 6.07) is 10.4. The van der Waals surface area contributed by atoms with Crippen molar-refractivity contribution in [1.29, 1.82) is 0 Å². The van der Waals surface area contributed by atoms with E-state index < -0.39 is 0 Å². The van der Waals surface area contributed by atoms with Gasteiger partial charge in [0, 0.05) is 32.2 Å². The highest BCUT2D eigenvalue weighted by molar-refractivity contribution is 5.75. The maximum Gasteiger partial charge on any atom is 0.317 e. The Morgan fingerprint density at radius 3 is 2.32 bits per heavy atom. The van der Waals surface area contributed by atoms with Gasteiger partial charge in [-0.3, -0.25) is 0 Å². The molecule has 0 spiro atoms. The third kappa shape index (κ3) is 3.62. The molecule has 2 heterocycles. The van der Waals surface area contributed by atoms with Gasteiger partial charge in [0.1, 0.15) is 0 Å². The van der Waals surface area contributed by atoms with Crippen LogP contribution in [0.15, 0.2) is 30.3 Å². The van der Waals surface area contributed by atoms with Gasteiger partial charge in [0.05, 0.1) is 22.8 Å². The van der Waals surface area contributed by atoms with Crippen molar-refractivity contribution in [1.82, 2.24) is 20.0 Å². The average molecular weight is 341 g/mol. The molecule has 1 N–H and O–H groups in total. The van der Waals surface area contributed by atoms with Crippen molar-refractivity contribution in [2.75, 3.05) is 31.1 Å². The van der Waals surface area contributed by atoms with Crippen molar-refractivity contribution < 1.29 is 4.79 Å². The van der Waals surface area contributed by atoms with Crippen LogP contribution >= 0.6 is 0 Å². The molecule has 0 unspecified atom stereocenters. The predicted octanol–water partition coefficient (Wildman–Crippen LogP) is 2.73. The highest BCUT2D eigenvalue weighted by atomic mass is 16.2. The number of piperazine rings is 1. The minimum atomic E-state index is 0.0306. The van der Waals surface area contributed by atoms with Gasteiger partial charge in [0.2, 0.25) is 0 Å². The van der Waals surface area contributed by atoms with Gasteiger partial charge in [0.25, 0.3) is 0 Å². The lowest BCUT2D eigenvalue weighted by atomic mass is 10.2. The number of benzene rings is 1. The van der Waals surface area contributed by atoms with Crippen LogP contribution in [-0.2, 0) is 0 Å². The molecule has 25 heavy (non-hydrogen) atoms. The fourth-order valence-electron chi connectivity index (χ4n) is 3.38. The Kier molecular flexibility index (Phi) is 4.97. The van der Waals surface area contributed by atoms with E-state index in [1.165, 1.54) is 5.69 Å². The molecule has 0 bridgehead atoms. The lowest BCUT2D eigenvalue weighted by Crippen LogP contribution is -2.53. The molecule has 1 fully saturated rings. The molecule has 0 atom stereocenters. The summed E-state index contributed by atoms with van der Waals surface area (Å²) in [7, 11) is 0. The third-order valence-electron chi connectivity index (χ3n) is 4.55. The number of rotatable bonds is 3. The molecule has 3 rings (SSSR count). The van der Waals surface area contributed by atoms with E-state index in [2.05, 4.69) is 36.2 Å². The Morgan fingerprint density at radius 1 is 1.08 bits per heavy atom. The number of urea groups is 1. The number of aromatic nitrogens is 2. The first-order valence-corrected chi connectivity index (χ1v) is 8.89. The zero-order valence-electron chi connectivity index (χ0n) is 15.5. The molecule has 1 aliphatic rings. The lowest BCUT2D eigenvalue weighted by Gasteiger charge is -2.36. The van der Waals surface area contributed by atoms with Crippen LogP contribution in [0.2, 0.25) is 0 Å². The zero-order chi connectivity index (χ0) is 18.0. The van der Waals surface area contributed by atoms with Gasteiger partial charge in [-0.05, 0) is 39.8 Å². The quantitative estimate of drug-likeness (QED) is 0.934. The first-order chi connectivity index (χ1) is 12.0. The SMILES string of the molecule is Cc1nn(-c2ccccc2)c(C)c1N1CCN(C(=O)NC(C)C)CC1. The minimum absolute atomic E-state index is 0.0306. The number of carbonyl (C=O) groups excluding carboxylic acids is 1. The number of hydrogen-bond acceptors (Lipinski definition) is 3. The maximum absolute atomic E-state index is 12.2. The van der Waals surface area contributed by atoms with E-state index in [-0.39, 0.29) is 12.1 Å². The Balaban J connectivity index is 1.74. The van der Waals surface area contributed by atoms with Gasteiger partial charge in [-0.25, -0.2) is 9.48 Å². The number of aryl methyl sites for hydroxylation is 1. The Hall–Kier alpha value is -2.50. The Labute approximate surface area is 149 Å². The molecular formula is C19H27N5O. The average Bonchev–Trinajstić information content (AvgIpc) is 2.90. The number of para-hydroxylation sites is 1. The summed E-state index contributed by atoms with van der Waals surface area (Å²) in [6.07, 6.45) is 0. The van der Waals surface area contributed by atoms with E-state index in [1.807, 2.05) is 41.6 Å². The summed E-state index contributed by atoms with van der Waals surface area (Å²) < 4.78 is 2.00. The normalized spacial score (nSPS) is 14.9. The number of anilines is 1. The van der Waals surface area contributed by atoms with Gasteiger partial charge < -0.3 is 15.1 Å². The fourth-order valence-corrected chi connectivity index (χ4v) is 3.38. The van der Waals surface area contributed by atoms with Gasteiger partial charge in [-0.2, -0.15) is 5.10 Å². The number of carbonyl (C=O) groups is 1. The van der Waals surface area contributed by atoms with E-state index in [4.69, 9.17) is 5.10 Å². The summed E-state index contributed by atoms with van der Waals surface area (Å²) in [5.41, 5.74) is 4.43. The number of amides is 2. The van der Waals surface area contributed by atoms with Crippen LogP contribution in [0.1, 0.15) is 25.2 Å². The highest BCUT2D eigenvalue weighted by Crippen LogP contribution is 2.27. The summed E-state index contributed by atoms with van der Waals surface area (Å²) in [4.78, 5) is 16.4. The molecule has 0 radical (unpaired) electrons. The van der Waals surface area contributed by atoms with E-state index in [1.54, 1.807) is 0 Å². The molecule has 2 amide bonds. The zero-order valence-corrected chi connectivity index (χ0v) is 15.5. The van der Waals surface area contributed by atoms with Crippen molar-refractivity contribution in [3.63, 3.8) is 0 Å². The molecule has 1 saturated heterocycles. The van der Waals surface area contributed by atoms with Crippen LogP contribution in [0.4, 0.5) is 10.5 Å². The second kappa shape index (κ2) is 7.17. The maximum atomic E-state index is 12.2. The molecule has 1 aromatic carbocycles. The molecule has 134 valence electrons. The van der Waals surface area contributed by atoms with Gasteiger partial charge >= 0.3 is 6.03 Å². The molecule has 1 aliphatic heterocycles. The van der Waals surface area contributed by atoms with Crippen LogP contribution in [0, 0.1) is 13.8 Å². The second-order valence-corrected chi connectivity index (χ2v) is 6.85. The summed E-state index contributed by atoms with van der Waals surface area (Å²) >= 11 is 0. The molecule has 0 aliphatic carbocycles. The van der Waals surface area contributed by atoms with Gasteiger partial charge in [0.15, 0.2) is 0 Å². The molecule has 6 nitrogen and oxygen atoms in total. The Bertz CT molecular complexity index is 730. The highest BCUT2D eigenvalue weighted by Gasteiger charge is 2.25. The van der Waals surface area contributed by atoms with Gasteiger partial charge in [-0.1, -0.05) is 18.2 Å². The van der Waals surface area contributed by atoms with E-state index in [0.29, 0.717) is 0 Å². The standard InChI is InChI=1S/C19H27N5O/c1-14(2)20-19(25)23-12-10-22(11-13-23)18-15(3)21-24(16(18)4)17-8-6-5-7-9-17/h5-9,14H,10-13H2,1-4H3,(H,20,25). The van der Waals surface area contributed by atoms with E-state index in [0.717, 1.165) is 43.3 Å². The van der Waals surface area contributed by atoms with Crippen LogP contribution in [0.25, 0.3) is 5.69 Å². The number of nitrogens with zero attached hydrogens (tertiary/aromatic N) is 4. The van der Waals surface area contributed by atoms with Crippen molar-refractivity contribution in [2.24, 2.45) is 0 Å². The topological polar surface area (TPSA) is 53.4 Å². The molecule has 6 heteroatoms. The lowest BCUT2D eigenvalue weighted by molar-refractivity contribution is 0.192. The minimum Gasteiger partial charge on any atom is -0.365 e. The van der Waals surface area contributed by atoms with E-state index >= 15 is 0 Å². The second-order valence-electron chi connectivity index (χ2n) is 6.85. The van der Waals surface area contributed by atoms with Crippen LogP contribution in [-0.4, -0.2) is 52.9 Å². The molecule has 1 aromatic heterocycles. The monoisotopic (exact) mass is 341 g/mol. The summed E-state index contributed by atoms with van der Waals surface area (Å²) in [6.45, 7) is 11.3. The number of nitrogens with one attached hydrogen (secondary N) is 1. The smallest absolute Gasteiger partial charge is 0.317 e. The summed E-state index contributed by atoms with van der Waals surface area (Å²) in [5, 5.41) is 7.70. The third-order valence-corrected chi connectivity index (χ3v) is 4.55. The first kappa shape index (κ1) is 17.3. The Morgan fingerprint density at radius 2 is 1.72 bits per heavy atom. The van der Waals surface area contributed by atoms with Gasteiger partial charge in [-0.15, -0.1) is 0 Å². The van der Waals surface area contributed by atoms with Crippen LogP contribution in [0.3, 0.4) is 0 Å². The van der Waals surface area contributed by atoms with Crippen molar-refractivity contribution in [3.05, 3.63) is 41.7 Å². The van der Waals surface area contributed by atoms with Crippen molar-refractivity contribution in [2.45, 2.75) is 33.7 Å². The predicted molar refractivity (Wildman–Crippen MR) is 100 cm³/mol. The van der Waals surface area contributed by atoms with Crippen LogP contribution in [0.5, 0.6) is 0 Å². The fraction of sp³-hybridized carbons (Fsp3) is 0.474. The van der Waals surface area contributed by atoms with Crippen molar-refractivity contribution in [3.8, 4) is 5.69 Å². The van der Waals surface area contributed by atoms with E-state index in [9.17, 15) is 4.79 Å². The molecule has 0 saturated carbocycles. The van der Waals surface area contributed by atoms with Crippen molar-refractivity contribution >= 4 is 11.7 Å².